The molecule has 1 aliphatic heterocycles. The molecule has 1 fully saturated rings. The summed E-state index contributed by atoms with van der Waals surface area (Å²) in [5.41, 5.74) is 2.50. The Balaban J connectivity index is 1.66. The van der Waals surface area contributed by atoms with Crippen molar-refractivity contribution in [2.45, 2.75) is 0 Å². The third kappa shape index (κ3) is 2.65. The molecule has 1 amide bonds. The normalized spacial score (nSPS) is 15.0. The Kier molecular flexibility index (Phi) is 3.95. The highest BCUT2D eigenvalue weighted by molar-refractivity contribution is 7.15. The second-order valence-corrected chi connectivity index (χ2v) is 6.37. The number of aromatic nitrogens is 2. The van der Waals surface area contributed by atoms with Gasteiger partial charge in [-0.25, -0.2) is 4.98 Å². The van der Waals surface area contributed by atoms with Gasteiger partial charge in [0.1, 0.15) is 11.4 Å². The molecule has 0 saturated carbocycles. The Labute approximate surface area is 143 Å². The minimum Gasteiger partial charge on any atom is -0.497 e. The monoisotopic (exact) mass is 343 g/mol. The number of amides is 1. The van der Waals surface area contributed by atoms with Gasteiger partial charge in [0.25, 0.3) is 5.91 Å². The maximum absolute atomic E-state index is 12.7. The van der Waals surface area contributed by atoms with Gasteiger partial charge in [0.05, 0.1) is 26.0 Å². The second kappa shape index (κ2) is 6.26. The van der Waals surface area contributed by atoms with E-state index in [0.29, 0.717) is 32.0 Å². The summed E-state index contributed by atoms with van der Waals surface area (Å²) in [7, 11) is 1.64. The first kappa shape index (κ1) is 15.2. The summed E-state index contributed by atoms with van der Waals surface area (Å²) < 4.78 is 12.4. The molecule has 0 unspecified atom stereocenters. The summed E-state index contributed by atoms with van der Waals surface area (Å²) in [5.74, 6) is 0.839. The molecule has 124 valence electrons. The average molecular weight is 343 g/mol. The fraction of sp³-hybridized carbons (Fsp3) is 0.294. The summed E-state index contributed by atoms with van der Waals surface area (Å²) >= 11 is 1.48. The van der Waals surface area contributed by atoms with Crippen molar-refractivity contribution in [2.24, 2.45) is 0 Å². The van der Waals surface area contributed by atoms with Crippen LogP contribution in [0, 0.1) is 0 Å². The number of hydrogen-bond acceptors (Lipinski definition) is 5. The number of benzene rings is 1. The number of nitrogens with zero attached hydrogens (tertiary/aromatic N) is 3. The number of rotatable bonds is 3. The maximum atomic E-state index is 12.7. The molecule has 0 bridgehead atoms. The van der Waals surface area contributed by atoms with Gasteiger partial charge in [-0.15, -0.1) is 11.3 Å². The highest BCUT2D eigenvalue weighted by Gasteiger charge is 2.22. The SMILES string of the molecule is COc1ccc(-c2cn3c(C(=O)N4CCOCC4)csc3n2)cc1. The summed E-state index contributed by atoms with van der Waals surface area (Å²) in [4.78, 5) is 20.0. The van der Waals surface area contributed by atoms with Crippen molar-refractivity contribution in [3.05, 3.63) is 41.5 Å². The molecule has 0 aliphatic carbocycles. The zero-order valence-electron chi connectivity index (χ0n) is 13.3. The van der Waals surface area contributed by atoms with Crippen LogP contribution in [-0.4, -0.2) is 53.6 Å². The lowest BCUT2D eigenvalue weighted by Gasteiger charge is -2.26. The van der Waals surface area contributed by atoms with Gasteiger partial charge < -0.3 is 14.4 Å². The molecule has 3 aromatic rings. The Morgan fingerprint density at radius 3 is 2.71 bits per heavy atom. The molecule has 0 radical (unpaired) electrons. The van der Waals surface area contributed by atoms with Crippen molar-refractivity contribution in [3.8, 4) is 17.0 Å². The molecule has 6 nitrogen and oxygen atoms in total. The largest absolute Gasteiger partial charge is 0.497 e. The topological polar surface area (TPSA) is 56.1 Å². The van der Waals surface area contributed by atoms with Crippen LogP contribution >= 0.6 is 11.3 Å². The van der Waals surface area contributed by atoms with Gasteiger partial charge in [-0.2, -0.15) is 0 Å². The molecule has 24 heavy (non-hydrogen) atoms. The van der Waals surface area contributed by atoms with Crippen LogP contribution in [0.25, 0.3) is 16.2 Å². The Morgan fingerprint density at radius 2 is 2.00 bits per heavy atom. The standard InChI is InChI=1S/C17H17N3O3S/c1-22-13-4-2-12(3-5-13)14-10-20-15(11-24-17(20)18-14)16(21)19-6-8-23-9-7-19/h2-5,10-11H,6-9H2,1H3. The van der Waals surface area contributed by atoms with E-state index in [1.165, 1.54) is 11.3 Å². The Hall–Kier alpha value is -2.38. The van der Waals surface area contributed by atoms with Gasteiger partial charge in [0.15, 0.2) is 4.96 Å². The average Bonchev–Trinajstić information content (AvgIpc) is 3.22. The molecule has 3 heterocycles. The zero-order chi connectivity index (χ0) is 16.5. The molecule has 0 N–H and O–H groups in total. The van der Waals surface area contributed by atoms with E-state index in [-0.39, 0.29) is 5.91 Å². The minimum atomic E-state index is 0.0308. The Morgan fingerprint density at radius 1 is 1.25 bits per heavy atom. The van der Waals surface area contributed by atoms with Crippen molar-refractivity contribution < 1.29 is 14.3 Å². The molecule has 0 spiro atoms. The third-order valence-electron chi connectivity index (χ3n) is 4.11. The highest BCUT2D eigenvalue weighted by Crippen LogP contribution is 2.26. The van der Waals surface area contributed by atoms with Crippen LogP contribution in [0.5, 0.6) is 5.75 Å². The van der Waals surface area contributed by atoms with Crippen molar-refractivity contribution in [2.75, 3.05) is 33.4 Å². The van der Waals surface area contributed by atoms with Gasteiger partial charge >= 0.3 is 0 Å². The number of ether oxygens (including phenoxy) is 2. The summed E-state index contributed by atoms with van der Waals surface area (Å²) in [6, 6.07) is 7.74. The first-order chi connectivity index (χ1) is 11.8. The van der Waals surface area contributed by atoms with E-state index in [1.54, 1.807) is 7.11 Å². The van der Waals surface area contributed by atoms with Gasteiger partial charge in [0, 0.05) is 30.2 Å². The van der Waals surface area contributed by atoms with Crippen LogP contribution in [0.4, 0.5) is 0 Å². The first-order valence-electron chi connectivity index (χ1n) is 7.74. The van der Waals surface area contributed by atoms with Crippen LogP contribution in [0.15, 0.2) is 35.8 Å². The van der Waals surface area contributed by atoms with Gasteiger partial charge in [0.2, 0.25) is 0 Å². The van der Waals surface area contributed by atoms with Crippen LogP contribution in [-0.2, 0) is 4.74 Å². The Bertz CT molecular complexity index is 863. The molecular formula is C17H17N3O3S. The minimum absolute atomic E-state index is 0.0308. The molecule has 2 aromatic heterocycles. The number of imidazole rings is 1. The lowest BCUT2D eigenvalue weighted by molar-refractivity contribution is 0.0298. The number of fused-ring (bicyclic) bond motifs is 1. The lowest BCUT2D eigenvalue weighted by Crippen LogP contribution is -2.41. The fourth-order valence-corrected chi connectivity index (χ4v) is 3.61. The van der Waals surface area contributed by atoms with E-state index in [4.69, 9.17) is 9.47 Å². The van der Waals surface area contributed by atoms with E-state index < -0.39 is 0 Å². The van der Waals surface area contributed by atoms with Crippen LogP contribution in [0.1, 0.15) is 10.5 Å². The van der Waals surface area contributed by atoms with Crippen LogP contribution in [0.2, 0.25) is 0 Å². The predicted octanol–water partition coefficient (Wildman–Crippen LogP) is 2.54. The van der Waals surface area contributed by atoms with Gasteiger partial charge in [-0.3, -0.25) is 9.20 Å². The van der Waals surface area contributed by atoms with E-state index in [1.807, 2.05) is 45.1 Å². The predicted molar refractivity (Wildman–Crippen MR) is 91.8 cm³/mol. The van der Waals surface area contributed by atoms with E-state index in [0.717, 1.165) is 22.0 Å². The zero-order valence-corrected chi connectivity index (χ0v) is 14.1. The summed E-state index contributed by atoms with van der Waals surface area (Å²) in [6.07, 6.45) is 1.92. The van der Waals surface area contributed by atoms with Crippen molar-refractivity contribution in [3.63, 3.8) is 0 Å². The van der Waals surface area contributed by atoms with Gasteiger partial charge in [-0.05, 0) is 24.3 Å². The molecule has 1 aliphatic rings. The van der Waals surface area contributed by atoms with Crippen molar-refractivity contribution >= 4 is 22.2 Å². The van der Waals surface area contributed by atoms with E-state index >= 15 is 0 Å². The van der Waals surface area contributed by atoms with Crippen LogP contribution < -0.4 is 4.74 Å². The maximum Gasteiger partial charge on any atom is 0.271 e. The molecule has 0 atom stereocenters. The number of carbonyl (C=O) groups is 1. The van der Waals surface area contributed by atoms with Crippen molar-refractivity contribution in [1.29, 1.82) is 0 Å². The summed E-state index contributed by atoms with van der Waals surface area (Å²) in [5, 5.41) is 1.87. The van der Waals surface area contributed by atoms with Crippen molar-refractivity contribution in [1.82, 2.24) is 14.3 Å². The van der Waals surface area contributed by atoms with E-state index in [2.05, 4.69) is 4.98 Å². The molecular weight excluding hydrogens is 326 g/mol. The number of methoxy groups -OCH3 is 1. The molecule has 7 heteroatoms. The second-order valence-electron chi connectivity index (χ2n) is 5.53. The number of carbonyl (C=O) groups excluding carboxylic acids is 1. The molecule has 1 aromatic carbocycles. The van der Waals surface area contributed by atoms with Gasteiger partial charge in [-0.1, -0.05) is 0 Å². The number of hydrogen-bond donors (Lipinski definition) is 0. The molecule has 1 saturated heterocycles. The van der Waals surface area contributed by atoms with E-state index in [9.17, 15) is 4.79 Å². The number of morpholine rings is 1. The fourth-order valence-electron chi connectivity index (χ4n) is 2.77. The quantitative estimate of drug-likeness (QED) is 0.733. The third-order valence-corrected chi connectivity index (χ3v) is 4.95. The highest BCUT2D eigenvalue weighted by atomic mass is 32.1. The van der Waals surface area contributed by atoms with Crippen LogP contribution in [0.3, 0.4) is 0 Å². The smallest absolute Gasteiger partial charge is 0.271 e. The number of thiazole rings is 1. The first-order valence-corrected chi connectivity index (χ1v) is 8.62. The lowest BCUT2D eigenvalue weighted by atomic mass is 10.2. The molecule has 4 rings (SSSR count). The summed E-state index contributed by atoms with van der Waals surface area (Å²) in [6.45, 7) is 2.46.